The molecule has 0 amide bonds. The molecule has 0 radical (unpaired) electrons. The van der Waals surface area contributed by atoms with Crippen LogP contribution in [-0.2, 0) is 11.2 Å². The van der Waals surface area contributed by atoms with E-state index in [4.69, 9.17) is 4.74 Å². The molecule has 3 N–H and O–H groups in total. The van der Waals surface area contributed by atoms with Crippen molar-refractivity contribution in [2.45, 2.75) is 12.0 Å². The third kappa shape index (κ3) is 6.79. The van der Waals surface area contributed by atoms with E-state index in [1.54, 1.807) is 6.20 Å². The quantitative estimate of drug-likeness (QED) is 0.637. The molecular weight excluding hydrogens is 375 g/mol. The number of rotatable bonds is 6. The molecule has 1 saturated heterocycles. The highest BCUT2D eigenvalue weighted by atomic mass is 35.5. The van der Waals surface area contributed by atoms with Crippen LogP contribution in [0.2, 0.25) is 0 Å². The Kier molecular flexibility index (Phi) is 10.0. The summed E-state index contributed by atoms with van der Waals surface area (Å²) in [7, 11) is 0. The lowest BCUT2D eigenvalue weighted by atomic mass is 10.1. The number of hydrogen-bond acceptors (Lipinski definition) is 6. The Morgan fingerprint density at radius 3 is 2.81 bits per heavy atom. The molecule has 1 atom stereocenters. The molecule has 1 aliphatic rings. The molecule has 1 unspecified atom stereocenters. The number of aliphatic hydroxyl groups is 1. The summed E-state index contributed by atoms with van der Waals surface area (Å²) >= 11 is 0. The predicted octanol–water partition coefficient (Wildman–Crippen LogP) is 1.47. The zero-order valence-corrected chi connectivity index (χ0v) is 16.2. The summed E-state index contributed by atoms with van der Waals surface area (Å²) in [6.45, 7) is 3.51. The third-order valence-corrected chi connectivity index (χ3v) is 4.00. The molecule has 2 heterocycles. The van der Waals surface area contributed by atoms with Crippen molar-refractivity contribution in [3.63, 3.8) is 0 Å². The lowest BCUT2D eigenvalue weighted by Gasteiger charge is -2.26. The fraction of sp³-hybridized carbons (Fsp3) is 0.444. The van der Waals surface area contributed by atoms with Crippen molar-refractivity contribution in [1.29, 1.82) is 0 Å². The fourth-order valence-electron chi connectivity index (χ4n) is 2.70. The van der Waals surface area contributed by atoms with Crippen LogP contribution in [0.5, 0.6) is 0 Å². The maximum atomic E-state index is 10.5. The molecule has 0 saturated carbocycles. The molecule has 26 heavy (non-hydrogen) atoms. The van der Waals surface area contributed by atoms with Gasteiger partial charge in [0, 0.05) is 44.4 Å². The second kappa shape index (κ2) is 11.4. The second-order valence-corrected chi connectivity index (χ2v) is 6.10. The Hall–Kier alpha value is -1.28. The van der Waals surface area contributed by atoms with Crippen molar-refractivity contribution in [3.8, 4) is 11.3 Å². The van der Waals surface area contributed by atoms with Crippen LogP contribution in [0.3, 0.4) is 0 Å². The summed E-state index contributed by atoms with van der Waals surface area (Å²) in [5.74, 6) is 0.797. The van der Waals surface area contributed by atoms with Crippen LogP contribution in [0.15, 0.2) is 42.6 Å². The fourth-order valence-corrected chi connectivity index (χ4v) is 2.70. The van der Waals surface area contributed by atoms with Crippen molar-refractivity contribution >= 4 is 24.8 Å². The first-order valence-corrected chi connectivity index (χ1v) is 8.34. The Morgan fingerprint density at radius 1 is 1.19 bits per heavy atom. The van der Waals surface area contributed by atoms with Gasteiger partial charge in [-0.3, -0.25) is 0 Å². The summed E-state index contributed by atoms with van der Waals surface area (Å²) in [5, 5.41) is 16.9. The summed E-state index contributed by atoms with van der Waals surface area (Å²) in [6.07, 6.45) is 2.51. The number of hydrogen-bond donors (Lipinski definition) is 3. The normalized spacial score (nSPS) is 19.7. The summed E-state index contributed by atoms with van der Waals surface area (Å²) in [5.41, 5.74) is 1.16. The minimum Gasteiger partial charge on any atom is -0.385 e. The van der Waals surface area contributed by atoms with Crippen molar-refractivity contribution in [2.24, 2.45) is 0 Å². The van der Waals surface area contributed by atoms with Gasteiger partial charge in [0.1, 0.15) is 11.4 Å². The van der Waals surface area contributed by atoms with E-state index in [1.807, 2.05) is 36.4 Å². The van der Waals surface area contributed by atoms with Crippen molar-refractivity contribution in [3.05, 3.63) is 48.4 Å². The number of ether oxygens (including phenoxy) is 1. The Morgan fingerprint density at radius 2 is 2.00 bits per heavy atom. The van der Waals surface area contributed by atoms with Crippen LogP contribution >= 0.6 is 24.8 Å². The highest BCUT2D eigenvalue weighted by molar-refractivity contribution is 5.85. The Labute approximate surface area is 166 Å². The van der Waals surface area contributed by atoms with Crippen LogP contribution in [0.25, 0.3) is 11.3 Å². The molecule has 0 bridgehead atoms. The lowest BCUT2D eigenvalue weighted by Crippen LogP contribution is -2.50. The summed E-state index contributed by atoms with van der Waals surface area (Å²) in [4.78, 5) is 8.94. The van der Waals surface area contributed by atoms with Crippen LogP contribution in [0, 0.1) is 0 Å². The third-order valence-electron chi connectivity index (χ3n) is 4.00. The average molecular weight is 401 g/mol. The minimum absolute atomic E-state index is 0. The second-order valence-electron chi connectivity index (χ2n) is 6.10. The van der Waals surface area contributed by atoms with E-state index in [1.165, 1.54) is 0 Å². The number of halogens is 2. The monoisotopic (exact) mass is 400 g/mol. The molecule has 6 nitrogen and oxygen atoms in total. The molecule has 0 spiro atoms. The summed E-state index contributed by atoms with van der Waals surface area (Å²) < 4.78 is 5.41. The zero-order valence-electron chi connectivity index (χ0n) is 14.6. The van der Waals surface area contributed by atoms with E-state index in [0.717, 1.165) is 23.6 Å². The van der Waals surface area contributed by atoms with E-state index in [2.05, 4.69) is 20.6 Å². The maximum Gasteiger partial charge on any atom is 0.130 e. The molecule has 2 aromatic rings. The van der Waals surface area contributed by atoms with Gasteiger partial charge in [-0.2, -0.15) is 0 Å². The first-order chi connectivity index (χ1) is 11.8. The number of β-amino-alcohol motifs (C(OH)–C–C–N with tert-alkyl or cyclic N) is 1. The van der Waals surface area contributed by atoms with Gasteiger partial charge < -0.3 is 20.5 Å². The largest absolute Gasteiger partial charge is 0.385 e. The van der Waals surface area contributed by atoms with E-state index < -0.39 is 5.60 Å². The first kappa shape index (κ1) is 22.8. The molecule has 1 aromatic heterocycles. The maximum absolute atomic E-state index is 10.5. The van der Waals surface area contributed by atoms with Crippen molar-refractivity contribution < 1.29 is 9.84 Å². The molecule has 1 fully saturated rings. The predicted molar refractivity (Wildman–Crippen MR) is 107 cm³/mol. The van der Waals surface area contributed by atoms with Gasteiger partial charge in [0.2, 0.25) is 0 Å². The SMILES string of the molecule is Cl.Cl.OC1(CNCCc2nccc(-c3ccccc3)n2)CNCCOC1. The Bertz CT molecular complexity index is 638. The topological polar surface area (TPSA) is 79.3 Å². The van der Waals surface area contributed by atoms with Crippen LogP contribution < -0.4 is 10.6 Å². The van der Waals surface area contributed by atoms with Gasteiger partial charge >= 0.3 is 0 Å². The van der Waals surface area contributed by atoms with Crippen LogP contribution in [-0.4, -0.2) is 60.1 Å². The van der Waals surface area contributed by atoms with Gasteiger partial charge in [0.15, 0.2) is 0 Å². The summed E-state index contributed by atoms with van der Waals surface area (Å²) in [6, 6.07) is 12.0. The van der Waals surface area contributed by atoms with E-state index in [-0.39, 0.29) is 24.8 Å². The van der Waals surface area contributed by atoms with Gasteiger partial charge in [-0.25, -0.2) is 9.97 Å². The molecule has 1 aliphatic heterocycles. The number of aromatic nitrogens is 2. The van der Waals surface area contributed by atoms with Gasteiger partial charge in [-0.15, -0.1) is 24.8 Å². The highest BCUT2D eigenvalue weighted by Crippen LogP contribution is 2.15. The van der Waals surface area contributed by atoms with Crippen molar-refractivity contribution in [1.82, 2.24) is 20.6 Å². The molecule has 1 aromatic carbocycles. The molecule has 8 heteroatoms. The van der Waals surface area contributed by atoms with Gasteiger partial charge in [-0.1, -0.05) is 30.3 Å². The van der Waals surface area contributed by atoms with E-state index in [9.17, 15) is 5.11 Å². The van der Waals surface area contributed by atoms with Gasteiger partial charge in [0.05, 0.1) is 18.9 Å². The first-order valence-electron chi connectivity index (χ1n) is 8.34. The number of benzene rings is 1. The molecule has 0 aliphatic carbocycles. The molecular formula is C18H26Cl2N4O2. The molecule has 144 valence electrons. The number of nitrogens with zero attached hydrogens (tertiary/aromatic N) is 2. The van der Waals surface area contributed by atoms with Gasteiger partial charge in [-0.05, 0) is 6.07 Å². The van der Waals surface area contributed by atoms with E-state index >= 15 is 0 Å². The van der Waals surface area contributed by atoms with E-state index in [0.29, 0.717) is 39.3 Å². The lowest BCUT2D eigenvalue weighted by molar-refractivity contribution is -0.0260. The smallest absolute Gasteiger partial charge is 0.130 e. The molecule has 3 rings (SSSR count). The minimum atomic E-state index is -0.858. The Balaban J connectivity index is 0.00000169. The average Bonchev–Trinajstić information content (AvgIpc) is 2.85. The zero-order chi connectivity index (χ0) is 16.7. The highest BCUT2D eigenvalue weighted by Gasteiger charge is 2.28. The van der Waals surface area contributed by atoms with Crippen LogP contribution in [0.1, 0.15) is 5.82 Å². The van der Waals surface area contributed by atoms with Crippen molar-refractivity contribution in [2.75, 3.05) is 39.4 Å². The van der Waals surface area contributed by atoms with Crippen LogP contribution in [0.4, 0.5) is 0 Å². The van der Waals surface area contributed by atoms with Gasteiger partial charge in [0.25, 0.3) is 0 Å². The number of nitrogens with one attached hydrogen (secondary N) is 2. The standard InChI is InChI=1S/C18H24N4O2.2ClH/c23-18(13-20-10-11-24-14-18)12-19-8-7-17-21-9-6-16(22-17)15-4-2-1-3-5-15;;/h1-6,9,19-20,23H,7-8,10-14H2;2*1H.